The third-order valence-electron chi connectivity index (χ3n) is 5.15. The fraction of sp³-hybridized carbons (Fsp3) is 0.636. The second kappa shape index (κ2) is 13.1. The van der Waals surface area contributed by atoms with Crippen molar-refractivity contribution in [2.24, 2.45) is 10.9 Å². The van der Waals surface area contributed by atoms with Gasteiger partial charge in [0, 0.05) is 44.6 Å². The van der Waals surface area contributed by atoms with E-state index in [2.05, 4.69) is 34.6 Å². The average molecular weight is 514 g/mol. The molecule has 0 radical (unpaired) electrons. The van der Waals surface area contributed by atoms with Crippen LogP contribution in [0.4, 0.5) is 0 Å². The monoisotopic (exact) mass is 514 g/mol. The summed E-state index contributed by atoms with van der Waals surface area (Å²) in [5, 5.41) is 6.42. The quantitative estimate of drug-likeness (QED) is 0.218. The van der Waals surface area contributed by atoms with Gasteiger partial charge in [-0.1, -0.05) is 30.3 Å². The maximum atomic E-state index is 11.8. The minimum Gasteiger partial charge on any atom is -0.376 e. The second-order valence-electron chi connectivity index (χ2n) is 7.78. The van der Waals surface area contributed by atoms with Crippen LogP contribution in [0.1, 0.15) is 44.6 Å². The lowest BCUT2D eigenvalue weighted by Crippen LogP contribution is -2.40. The van der Waals surface area contributed by atoms with Gasteiger partial charge < -0.3 is 20.3 Å². The van der Waals surface area contributed by atoms with Gasteiger partial charge in [-0.25, -0.2) is 0 Å². The number of ether oxygens (including phenoxy) is 1. The molecule has 1 unspecified atom stereocenters. The number of amides is 1. The summed E-state index contributed by atoms with van der Waals surface area (Å²) < 4.78 is 5.92. The van der Waals surface area contributed by atoms with Crippen LogP contribution in [-0.2, 0) is 16.1 Å². The lowest BCUT2D eigenvalue weighted by molar-refractivity contribution is -0.121. The molecule has 1 saturated carbocycles. The first-order valence-electron chi connectivity index (χ1n) is 10.7. The number of nitrogens with zero attached hydrogens (tertiary/aromatic N) is 2. The summed E-state index contributed by atoms with van der Waals surface area (Å²) in [5.41, 5.74) is 1.22. The van der Waals surface area contributed by atoms with Crippen molar-refractivity contribution in [2.75, 3.05) is 32.8 Å². The van der Waals surface area contributed by atoms with Crippen LogP contribution in [0.2, 0.25) is 0 Å². The number of rotatable bonds is 10. The normalized spacial score (nSPS) is 19.0. The first-order valence-corrected chi connectivity index (χ1v) is 10.7. The van der Waals surface area contributed by atoms with E-state index >= 15 is 0 Å². The molecular weight excluding hydrogens is 479 g/mol. The molecular formula is C22H35IN4O2. The molecule has 1 heterocycles. The van der Waals surface area contributed by atoms with Crippen molar-refractivity contribution >= 4 is 35.8 Å². The molecule has 1 aliphatic carbocycles. The van der Waals surface area contributed by atoms with E-state index in [1.165, 1.54) is 5.56 Å². The van der Waals surface area contributed by atoms with Crippen molar-refractivity contribution in [3.63, 3.8) is 0 Å². The molecule has 1 atom stereocenters. The third-order valence-corrected chi connectivity index (χ3v) is 5.15. The third kappa shape index (κ3) is 8.90. The predicted octanol–water partition coefficient (Wildman–Crippen LogP) is 3.17. The highest BCUT2D eigenvalue weighted by Gasteiger charge is 2.25. The Kier molecular flexibility index (Phi) is 10.8. The standard InChI is InChI=1S/C22H34N4O2.HI/c1-2-23-22(24-13-6-9-21(27)25-20-10-11-20)26-14-12-19(15-26)17-28-16-18-7-4-3-5-8-18;/h3-5,7-8,19-20H,2,6,9-17H2,1H3,(H,23,24)(H,25,27);1H. The van der Waals surface area contributed by atoms with E-state index < -0.39 is 0 Å². The zero-order chi connectivity index (χ0) is 19.6. The number of aliphatic imine (C=N–C) groups is 1. The summed E-state index contributed by atoms with van der Waals surface area (Å²) in [6, 6.07) is 10.8. The topological polar surface area (TPSA) is 66.0 Å². The SMILES string of the molecule is CCNC(=NCCCC(=O)NC1CC1)N1CCC(COCc2ccccc2)C1.I. The van der Waals surface area contributed by atoms with Crippen molar-refractivity contribution in [1.82, 2.24) is 15.5 Å². The molecule has 2 fully saturated rings. The molecule has 2 aliphatic rings. The van der Waals surface area contributed by atoms with Gasteiger partial charge in [-0.05, 0) is 38.2 Å². The molecule has 0 aromatic heterocycles. The number of hydrogen-bond donors (Lipinski definition) is 2. The highest BCUT2D eigenvalue weighted by Crippen LogP contribution is 2.19. The number of benzene rings is 1. The zero-order valence-electron chi connectivity index (χ0n) is 17.4. The van der Waals surface area contributed by atoms with Crippen molar-refractivity contribution in [2.45, 2.75) is 51.7 Å². The summed E-state index contributed by atoms with van der Waals surface area (Å²) >= 11 is 0. The number of guanidine groups is 1. The first-order chi connectivity index (χ1) is 13.7. The van der Waals surface area contributed by atoms with Crippen molar-refractivity contribution in [1.29, 1.82) is 0 Å². The second-order valence-corrected chi connectivity index (χ2v) is 7.78. The highest BCUT2D eigenvalue weighted by molar-refractivity contribution is 14.0. The molecule has 1 aromatic rings. The summed E-state index contributed by atoms with van der Waals surface area (Å²) in [6.45, 7) is 7.07. The number of carbonyl (C=O) groups excluding carboxylic acids is 1. The Morgan fingerprint density at radius 3 is 2.76 bits per heavy atom. The number of likely N-dealkylation sites (tertiary alicyclic amines) is 1. The number of hydrogen-bond acceptors (Lipinski definition) is 3. The number of halogens is 1. The van der Waals surface area contributed by atoms with E-state index in [0.717, 1.165) is 57.9 Å². The molecule has 1 aromatic carbocycles. The Hall–Kier alpha value is -1.35. The van der Waals surface area contributed by atoms with Gasteiger partial charge in [0.25, 0.3) is 0 Å². The summed E-state index contributed by atoms with van der Waals surface area (Å²) in [5.74, 6) is 1.67. The summed E-state index contributed by atoms with van der Waals surface area (Å²) in [6.07, 6.45) is 4.77. The van der Waals surface area contributed by atoms with Crippen LogP contribution in [0.15, 0.2) is 35.3 Å². The van der Waals surface area contributed by atoms with Crippen molar-refractivity contribution in [3.05, 3.63) is 35.9 Å². The van der Waals surface area contributed by atoms with Gasteiger partial charge in [-0.15, -0.1) is 24.0 Å². The van der Waals surface area contributed by atoms with Crippen molar-refractivity contribution in [3.8, 4) is 0 Å². The molecule has 7 heteroatoms. The van der Waals surface area contributed by atoms with Crippen LogP contribution < -0.4 is 10.6 Å². The molecule has 3 rings (SSSR count). The van der Waals surface area contributed by atoms with E-state index in [0.29, 0.717) is 31.5 Å². The average Bonchev–Trinajstić information content (AvgIpc) is 3.39. The Balaban J connectivity index is 0.00000300. The smallest absolute Gasteiger partial charge is 0.220 e. The Labute approximate surface area is 191 Å². The molecule has 1 aliphatic heterocycles. The van der Waals surface area contributed by atoms with Gasteiger partial charge in [0.05, 0.1) is 13.2 Å². The first kappa shape index (κ1) is 23.9. The Morgan fingerprint density at radius 1 is 1.24 bits per heavy atom. The zero-order valence-corrected chi connectivity index (χ0v) is 19.8. The van der Waals surface area contributed by atoms with Gasteiger partial charge >= 0.3 is 0 Å². The minimum atomic E-state index is 0. The molecule has 0 spiro atoms. The largest absolute Gasteiger partial charge is 0.376 e. The number of nitrogens with one attached hydrogen (secondary N) is 2. The van der Waals surface area contributed by atoms with Crippen LogP contribution in [-0.4, -0.2) is 55.6 Å². The lowest BCUT2D eigenvalue weighted by atomic mass is 10.1. The maximum absolute atomic E-state index is 11.8. The van der Waals surface area contributed by atoms with Crippen LogP contribution >= 0.6 is 24.0 Å². The highest BCUT2D eigenvalue weighted by atomic mass is 127. The minimum absolute atomic E-state index is 0. The van der Waals surface area contributed by atoms with Gasteiger partial charge in [0.1, 0.15) is 0 Å². The number of carbonyl (C=O) groups is 1. The fourth-order valence-electron chi connectivity index (χ4n) is 3.46. The van der Waals surface area contributed by atoms with E-state index in [4.69, 9.17) is 9.73 Å². The maximum Gasteiger partial charge on any atom is 0.220 e. The Bertz CT molecular complexity index is 637. The molecule has 29 heavy (non-hydrogen) atoms. The van der Waals surface area contributed by atoms with Gasteiger partial charge in [-0.3, -0.25) is 9.79 Å². The van der Waals surface area contributed by atoms with Crippen molar-refractivity contribution < 1.29 is 9.53 Å². The molecule has 1 amide bonds. The van der Waals surface area contributed by atoms with Crippen LogP contribution in [0, 0.1) is 5.92 Å². The van der Waals surface area contributed by atoms with Crippen LogP contribution in [0.5, 0.6) is 0 Å². The van der Waals surface area contributed by atoms with Crippen LogP contribution in [0.3, 0.4) is 0 Å². The van der Waals surface area contributed by atoms with E-state index in [1.54, 1.807) is 0 Å². The summed E-state index contributed by atoms with van der Waals surface area (Å²) in [7, 11) is 0. The van der Waals surface area contributed by atoms with Gasteiger partial charge in [0.2, 0.25) is 5.91 Å². The molecule has 2 N–H and O–H groups in total. The van der Waals surface area contributed by atoms with E-state index in [-0.39, 0.29) is 29.9 Å². The fourth-order valence-corrected chi connectivity index (χ4v) is 3.46. The van der Waals surface area contributed by atoms with Gasteiger partial charge in [-0.2, -0.15) is 0 Å². The van der Waals surface area contributed by atoms with E-state index in [1.807, 2.05) is 18.2 Å². The van der Waals surface area contributed by atoms with Crippen LogP contribution in [0.25, 0.3) is 0 Å². The lowest BCUT2D eigenvalue weighted by Gasteiger charge is -2.21. The van der Waals surface area contributed by atoms with E-state index in [9.17, 15) is 4.79 Å². The summed E-state index contributed by atoms with van der Waals surface area (Å²) in [4.78, 5) is 18.8. The predicted molar refractivity (Wildman–Crippen MR) is 128 cm³/mol. The molecule has 6 nitrogen and oxygen atoms in total. The molecule has 0 bridgehead atoms. The molecule has 1 saturated heterocycles. The van der Waals surface area contributed by atoms with Gasteiger partial charge in [0.15, 0.2) is 5.96 Å². The Morgan fingerprint density at radius 2 is 2.03 bits per heavy atom. The molecule has 162 valence electrons.